The van der Waals surface area contributed by atoms with E-state index in [1.165, 1.54) is 97.5 Å². The lowest BCUT2D eigenvalue weighted by Crippen LogP contribution is -2.24. The molecular formula is C46H42S2. The summed E-state index contributed by atoms with van der Waals surface area (Å²) < 4.78 is 0. The molecule has 0 fully saturated rings. The molecule has 0 bridgehead atoms. The molecule has 2 heterocycles. The molecule has 48 heavy (non-hydrogen) atoms. The van der Waals surface area contributed by atoms with Gasteiger partial charge >= 0.3 is 0 Å². The monoisotopic (exact) mass is 658 g/mol. The maximum atomic E-state index is 2.38. The fourth-order valence-corrected chi connectivity index (χ4v) is 11.5. The lowest BCUT2D eigenvalue weighted by molar-refractivity contribution is 0.608. The molecule has 0 N–H and O–H groups in total. The number of hydrogen-bond acceptors (Lipinski definition) is 2. The summed E-state index contributed by atoms with van der Waals surface area (Å²) in [5, 5.41) is 0. The molecule has 0 aliphatic carbocycles. The van der Waals surface area contributed by atoms with Crippen molar-refractivity contribution < 1.29 is 0 Å². The van der Waals surface area contributed by atoms with Crippen molar-refractivity contribution in [2.75, 3.05) is 0 Å². The largest absolute Gasteiger partial charge is 0.0888 e. The maximum absolute atomic E-state index is 2.38. The Bertz CT molecular complexity index is 2120. The number of benzene rings is 6. The van der Waals surface area contributed by atoms with E-state index in [-0.39, 0.29) is 10.8 Å². The van der Waals surface area contributed by atoms with Gasteiger partial charge in [-0.1, -0.05) is 148 Å². The standard InChI is InChI=1S/C46H42S2/c1-27-23-25-31(29(3)41(27)33-15-13-19-37-43(33)47-39-21-11-9-17-35(39)45(37,5)6)32-26-24-28(2)42(30(32)4)34-16-14-20-38-44(34)48-40-22-12-10-18-36(40)46(38,7)8/h9-26H,1-8H3. The highest BCUT2D eigenvalue weighted by Crippen LogP contribution is 2.55. The van der Waals surface area contributed by atoms with E-state index in [0.717, 1.165) is 0 Å². The average Bonchev–Trinajstić information content (AvgIpc) is 3.06. The maximum Gasteiger partial charge on any atom is 0.0242 e. The van der Waals surface area contributed by atoms with E-state index in [2.05, 4.69) is 165 Å². The van der Waals surface area contributed by atoms with Crippen molar-refractivity contribution in [3.05, 3.63) is 154 Å². The minimum atomic E-state index is -0.0586. The van der Waals surface area contributed by atoms with Gasteiger partial charge in [0.1, 0.15) is 0 Å². The quantitative estimate of drug-likeness (QED) is 0.186. The van der Waals surface area contributed by atoms with Gasteiger partial charge in [-0.3, -0.25) is 0 Å². The van der Waals surface area contributed by atoms with Crippen molar-refractivity contribution >= 4 is 23.5 Å². The lowest BCUT2D eigenvalue weighted by Gasteiger charge is -2.36. The van der Waals surface area contributed by atoms with E-state index in [4.69, 9.17) is 0 Å². The molecule has 0 unspecified atom stereocenters. The van der Waals surface area contributed by atoms with E-state index in [9.17, 15) is 0 Å². The molecule has 0 spiro atoms. The Kier molecular flexibility index (Phi) is 7.36. The SMILES string of the molecule is Cc1ccc(-c2ccc(C)c(-c3cccc4c3Sc3ccccc3C4(C)C)c2C)c(C)c1-c1cccc2c1Sc1ccccc1C2(C)C. The van der Waals surface area contributed by atoms with Gasteiger partial charge in [-0.05, 0) is 118 Å². The second-order valence-electron chi connectivity index (χ2n) is 14.7. The zero-order valence-corrected chi connectivity index (χ0v) is 30.8. The first-order valence-corrected chi connectivity index (χ1v) is 18.7. The Balaban J connectivity index is 1.29. The van der Waals surface area contributed by atoms with Crippen LogP contribution in [-0.2, 0) is 10.8 Å². The van der Waals surface area contributed by atoms with Gasteiger partial charge in [0.25, 0.3) is 0 Å². The first-order valence-electron chi connectivity index (χ1n) is 17.0. The fourth-order valence-electron chi connectivity index (χ4n) is 8.43. The third-order valence-electron chi connectivity index (χ3n) is 11.1. The van der Waals surface area contributed by atoms with Crippen LogP contribution in [0.15, 0.2) is 129 Å². The van der Waals surface area contributed by atoms with Crippen LogP contribution in [-0.4, -0.2) is 0 Å². The molecular weight excluding hydrogens is 617 g/mol. The van der Waals surface area contributed by atoms with Crippen LogP contribution in [0.5, 0.6) is 0 Å². The van der Waals surface area contributed by atoms with Gasteiger partial charge < -0.3 is 0 Å². The lowest BCUT2D eigenvalue weighted by atomic mass is 9.76. The molecule has 0 aromatic heterocycles. The highest BCUT2D eigenvalue weighted by molar-refractivity contribution is 8.00. The van der Waals surface area contributed by atoms with Crippen LogP contribution in [0.3, 0.4) is 0 Å². The normalized spacial score (nSPS) is 15.2. The van der Waals surface area contributed by atoms with Gasteiger partial charge in [-0.2, -0.15) is 0 Å². The van der Waals surface area contributed by atoms with Gasteiger partial charge in [0, 0.05) is 30.4 Å². The van der Waals surface area contributed by atoms with Crippen molar-refractivity contribution in [2.45, 2.75) is 85.8 Å². The van der Waals surface area contributed by atoms with E-state index < -0.39 is 0 Å². The molecule has 8 rings (SSSR count). The van der Waals surface area contributed by atoms with E-state index in [1.807, 2.05) is 23.5 Å². The average molecular weight is 659 g/mol. The Labute approximate surface area is 295 Å². The Morgan fingerprint density at radius 1 is 0.375 bits per heavy atom. The molecule has 238 valence electrons. The Morgan fingerprint density at radius 2 is 0.750 bits per heavy atom. The summed E-state index contributed by atoms with van der Waals surface area (Å²) in [6.07, 6.45) is 0. The molecule has 0 nitrogen and oxygen atoms in total. The smallest absolute Gasteiger partial charge is 0.0242 e. The van der Waals surface area contributed by atoms with Crippen molar-refractivity contribution in [1.82, 2.24) is 0 Å². The molecule has 0 saturated carbocycles. The highest BCUT2D eigenvalue weighted by atomic mass is 32.2. The predicted molar refractivity (Wildman–Crippen MR) is 207 cm³/mol. The third kappa shape index (κ3) is 4.60. The molecule has 6 aromatic carbocycles. The fraction of sp³-hybridized carbons (Fsp3) is 0.217. The number of hydrogen-bond donors (Lipinski definition) is 0. The second-order valence-corrected chi connectivity index (χ2v) is 16.8. The minimum absolute atomic E-state index is 0.0586. The zero-order valence-electron chi connectivity index (χ0n) is 29.2. The van der Waals surface area contributed by atoms with Crippen LogP contribution in [0.25, 0.3) is 33.4 Å². The Hall–Kier alpha value is -3.98. The summed E-state index contributed by atoms with van der Waals surface area (Å²) in [5.41, 5.74) is 18.9. The second kappa shape index (κ2) is 11.3. The van der Waals surface area contributed by atoms with Crippen LogP contribution in [0.1, 0.15) is 72.2 Å². The summed E-state index contributed by atoms with van der Waals surface area (Å²) in [4.78, 5) is 5.51. The van der Waals surface area contributed by atoms with Crippen molar-refractivity contribution in [3.63, 3.8) is 0 Å². The zero-order chi connectivity index (χ0) is 33.5. The van der Waals surface area contributed by atoms with Gasteiger partial charge in [0.15, 0.2) is 0 Å². The summed E-state index contributed by atoms with van der Waals surface area (Å²) in [6, 6.07) is 41.1. The van der Waals surface area contributed by atoms with Crippen molar-refractivity contribution in [3.8, 4) is 33.4 Å². The van der Waals surface area contributed by atoms with E-state index in [1.54, 1.807) is 0 Å². The van der Waals surface area contributed by atoms with E-state index in [0.29, 0.717) is 0 Å². The van der Waals surface area contributed by atoms with E-state index >= 15 is 0 Å². The first kappa shape index (κ1) is 31.3. The Morgan fingerprint density at radius 3 is 1.17 bits per heavy atom. The summed E-state index contributed by atoms with van der Waals surface area (Å²) in [6.45, 7) is 18.7. The molecule has 0 saturated heterocycles. The molecule has 0 atom stereocenters. The molecule has 0 amide bonds. The molecule has 2 heteroatoms. The van der Waals surface area contributed by atoms with Gasteiger partial charge in [-0.25, -0.2) is 0 Å². The number of aryl methyl sites for hydroxylation is 2. The molecule has 6 aromatic rings. The van der Waals surface area contributed by atoms with Gasteiger partial charge in [-0.15, -0.1) is 0 Å². The summed E-state index contributed by atoms with van der Waals surface area (Å²) in [5.74, 6) is 0. The molecule has 0 radical (unpaired) electrons. The third-order valence-corrected chi connectivity index (χ3v) is 13.5. The molecule has 2 aliphatic heterocycles. The minimum Gasteiger partial charge on any atom is -0.0888 e. The van der Waals surface area contributed by atoms with Crippen LogP contribution >= 0.6 is 23.5 Å². The van der Waals surface area contributed by atoms with Gasteiger partial charge in [0.05, 0.1) is 0 Å². The molecule has 2 aliphatic rings. The predicted octanol–water partition coefficient (Wildman–Crippen LogP) is 13.5. The summed E-state index contributed by atoms with van der Waals surface area (Å²) in [7, 11) is 0. The number of rotatable bonds is 3. The van der Waals surface area contributed by atoms with Crippen LogP contribution in [0.4, 0.5) is 0 Å². The first-order chi connectivity index (χ1) is 23.0. The van der Waals surface area contributed by atoms with Gasteiger partial charge in [0.2, 0.25) is 0 Å². The van der Waals surface area contributed by atoms with Crippen LogP contribution in [0, 0.1) is 27.7 Å². The summed E-state index contributed by atoms with van der Waals surface area (Å²) >= 11 is 3.87. The van der Waals surface area contributed by atoms with Crippen molar-refractivity contribution in [1.29, 1.82) is 0 Å². The van der Waals surface area contributed by atoms with Crippen molar-refractivity contribution in [2.24, 2.45) is 0 Å². The number of fused-ring (bicyclic) bond motifs is 4. The topological polar surface area (TPSA) is 0 Å². The van der Waals surface area contributed by atoms with Crippen LogP contribution < -0.4 is 0 Å². The van der Waals surface area contributed by atoms with Crippen LogP contribution in [0.2, 0.25) is 0 Å². The highest BCUT2D eigenvalue weighted by Gasteiger charge is 2.36.